The van der Waals surface area contributed by atoms with Crippen LogP contribution in [0.4, 0.5) is 0 Å². The fourth-order valence-corrected chi connectivity index (χ4v) is 6.41. The summed E-state index contributed by atoms with van der Waals surface area (Å²) in [6, 6.07) is 9.30. The third-order valence-electron chi connectivity index (χ3n) is 7.08. The lowest BCUT2D eigenvalue weighted by atomic mass is 9.68. The number of hydrogen-bond donors (Lipinski definition) is 1. The van der Waals surface area contributed by atoms with Crippen molar-refractivity contribution in [2.24, 2.45) is 5.92 Å². The molecule has 0 spiro atoms. The molecule has 3 atom stereocenters. The van der Waals surface area contributed by atoms with Crippen LogP contribution in [0.15, 0.2) is 58.3 Å². The topological polar surface area (TPSA) is 100 Å². The number of hydrogen-bond acceptors (Lipinski definition) is 9. The summed E-state index contributed by atoms with van der Waals surface area (Å²) in [4.78, 5) is 42.0. The quantitative estimate of drug-likeness (QED) is 0.372. The molecule has 1 aromatic carbocycles. The Morgan fingerprint density at radius 2 is 1.87 bits per heavy atom. The number of carbonyl (C=O) groups is 3. The summed E-state index contributed by atoms with van der Waals surface area (Å²) in [5.41, 5.74) is 2.95. The van der Waals surface area contributed by atoms with E-state index in [0.29, 0.717) is 41.1 Å². The molecule has 0 amide bonds. The molecule has 0 radical (unpaired) electrons. The molecular weight excluding hydrogens is 506 g/mol. The highest BCUT2D eigenvalue weighted by Crippen LogP contribution is 2.50. The van der Waals surface area contributed by atoms with E-state index in [9.17, 15) is 14.4 Å². The number of carbonyl (C=O) groups excluding carboxylic acids is 3. The normalized spacial score (nSPS) is 22.2. The first-order chi connectivity index (χ1) is 18.5. The van der Waals surface area contributed by atoms with Crippen molar-refractivity contribution in [2.75, 3.05) is 20.0 Å². The average Bonchev–Trinajstić information content (AvgIpc) is 3.60. The molecule has 38 heavy (non-hydrogen) atoms. The van der Waals surface area contributed by atoms with Crippen molar-refractivity contribution in [2.45, 2.75) is 51.9 Å². The molecule has 0 saturated heterocycles. The number of dihydropyridines is 1. The second kappa shape index (κ2) is 11.0. The van der Waals surface area contributed by atoms with Gasteiger partial charge in [0.25, 0.3) is 0 Å². The van der Waals surface area contributed by atoms with E-state index in [0.717, 1.165) is 22.7 Å². The van der Waals surface area contributed by atoms with E-state index in [1.807, 2.05) is 36.6 Å². The van der Waals surface area contributed by atoms with Crippen molar-refractivity contribution in [3.05, 3.63) is 68.7 Å². The molecule has 1 aliphatic carbocycles. The second-order valence-electron chi connectivity index (χ2n) is 9.35. The Morgan fingerprint density at radius 3 is 2.58 bits per heavy atom. The van der Waals surface area contributed by atoms with Crippen molar-refractivity contribution in [1.29, 1.82) is 0 Å². The maximum absolute atomic E-state index is 14.4. The van der Waals surface area contributed by atoms with Crippen LogP contribution in [0.2, 0.25) is 0 Å². The molecule has 0 bridgehead atoms. The molecule has 200 valence electrons. The van der Waals surface area contributed by atoms with Crippen LogP contribution in [0.3, 0.4) is 0 Å². The monoisotopic (exact) mass is 537 g/mol. The predicted octanol–water partition coefficient (Wildman–Crippen LogP) is 4.97. The summed E-state index contributed by atoms with van der Waals surface area (Å²) in [6.07, 6.45) is 1.83. The van der Waals surface area contributed by atoms with Gasteiger partial charge in [-0.15, -0.1) is 11.3 Å². The van der Waals surface area contributed by atoms with Crippen LogP contribution < -0.4 is 14.8 Å². The van der Waals surface area contributed by atoms with Gasteiger partial charge in [-0.05, 0) is 55.8 Å². The third kappa shape index (κ3) is 4.60. The third-order valence-corrected chi connectivity index (χ3v) is 8.08. The van der Waals surface area contributed by atoms with Crippen molar-refractivity contribution >= 4 is 29.1 Å². The maximum atomic E-state index is 14.4. The molecular formula is C29H31NO7S. The Labute approximate surface area is 225 Å². The molecule has 9 heteroatoms. The summed E-state index contributed by atoms with van der Waals surface area (Å²) in [5.74, 6) is -2.33. The van der Waals surface area contributed by atoms with Crippen molar-refractivity contribution < 1.29 is 33.3 Å². The molecule has 5 rings (SSSR count). The maximum Gasteiger partial charge on any atom is 0.336 e. The van der Waals surface area contributed by atoms with E-state index in [4.69, 9.17) is 18.9 Å². The van der Waals surface area contributed by atoms with Crippen molar-refractivity contribution in [3.63, 3.8) is 0 Å². The van der Waals surface area contributed by atoms with Crippen LogP contribution in [0.5, 0.6) is 11.5 Å². The molecule has 2 aromatic rings. The first-order valence-corrected chi connectivity index (χ1v) is 13.9. The number of thiophene rings is 1. The Kier molecular flexibility index (Phi) is 7.56. The van der Waals surface area contributed by atoms with Crippen LogP contribution >= 0.6 is 11.3 Å². The smallest absolute Gasteiger partial charge is 0.336 e. The fraction of sp³-hybridized carbons (Fsp3) is 0.414. The van der Waals surface area contributed by atoms with E-state index < -0.39 is 23.8 Å². The highest BCUT2D eigenvalue weighted by molar-refractivity contribution is 7.10. The van der Waals surface area contributed by atoms with Gasteiger partial charge in [0.15, 0.2) is 17.3 Å². The summed E-state index contributed by atoms with van der Waals surface area (Å²) in [7, 11) is 0. The number of fused-ring (bicyclic) bond motifs is 1. The lowest BCUT2D eigenvalue weighted by molar-refractivity contribution is -0.152. The zero-order valence-electron chi connectivity index (χ0n) is 21.7. The van der Waals surface area contributed by atoms with Gasteiger partial charge in [0.1, 0.15) is 5.92 Å². The lowest BCUT2D eigenvalue weighted by Crippen LogP contribution is -2.43. The molecule has 8 nitrogen and oxygen atoms in total. The lowest BCUT2D eigenvalue weighted by Gasteiger charge is -2.39. The highest BCUT2D eigenvalue weighted by Gasteiger charge is 2.49. The predicted molar refractivity (Wildman–Crippen MR) is 141 cm³/mol. The van der Waals surface area contributed by atoms with E-state index >= 15 is 0 Å². The number of allylic oxidation sites excluding steroid dienone is 3. The fourth-order valence-electron chi connectivity index (χ4n) is 5.54. The minimum atomic E-state index is -1.01. The Morgan fingerprint density at radius 1 is 1.08 bits per heavy atom. The summed E-state index contributed by atoms with van der Waals surface area (Å²) < 4.78 is 22.0. The number of nitrogens with one attached hydrogen (secondary N) is 1. The van der Waals surface area contributed by atoms with Gasteiger partial charge >= 0.3 is 11.9 Å². The first-order valence-electron chi connectivity index (χ1n) is 13.0. The van der Waals surface area contributed by atoms with Gasteiger partial charge in [-0.2, -0.15) is 0 Å². The van der Waals surface area contributed by atoms with Gasteiger partial charge in [-0.1, -0.05) is 25.5 Å². The van der Waals surface area contributed by atoms with E-state index in [-0.39, 0.29) is 31.7 Å². The number of esters is 2. The van der Waals surface area contributed by atoms with Gasteiger partial charge in [-0.25, -0.2) is 4.79 Å². The van der Waals surface area contributed by atoms with Crippen LogP contribution in [0.1, 0.15) is 62.3 Å². The number of Topliss-reactive ketones (excluding diaryl/α,β-unsaturated/α-hetero) is 1. The van der Waals surface area contributed by atoms with E-state index in [1.54, 1.807) is 19.9 Å². The van der Waals surface area contributed by atoms with Gasteiger partial charge in [0, 0.05) is 33.7 Å². The summed E-state index contributed by atoms with van der Waals surface area (Å²) >= 11 is 1.52. The molecule has 1 aromatic heterocycles. The minimum absolute atomic E-state index is 0.104. The molecule has 0 fully saturated rings. The Bertz CT molecular complexity index is 1310. The van der Waals surface area contributed by atoms with Gasteiger partial charge in [-0.3, -0.25) is 9.59 Å². The Balaban J connectivity index is 1.70. The molecule has 2 aliphatic heterocycles. The van der Waals surface area contributed by atoms with Crippen LogP contribution in [-0.4, -0.2) is 37.7 Å². The van der Waals surface area contributed by atoms with Gasteiger partial charge in [0.2, 0.25) is 6.79 Å². The number of rotatable bonds is 8. The Hall–Kier alpha value is -3.59. The molecule has 0 saturated carbocycles. The van der Waals surface area contributed by atoms with Gasteiger partial charge in [0.05, 0.1) is 18.8 Å². The van der Waals surface area contributed by atoms with Crippen LogP contribution in [-0.2, 0) is 23.9 Å². The molecule has 1 N–H and O–H groups in total. The zero-order valence-corrected chi connectivity index (χ0v) is 22.5. The molecule has 0 unspecified atom stereocenters. The van der Waals surface area contributed by atoms with Gasteiger partial charge < -0.3 is 24.3 Å². The van der Waals surface area contributed by atoms with Crippen LogP contribution in [0.25, 0.3) is 0 Å². The van der Waals surface area contributed by atoms with E-state index in [2.05, 4.69) is 5.32 Å². The minimum Gasteiger partial charge on any atom is -0.465 e. The molecule has 3 aliphatic rings. The average molecular weight is 538 g/mol. The van der Waals surface area contributed by atoms with Crippen molar-refractivity contribution in [1.82, 2.24) is 5.32 Å². The zero-order chi connectivity index (χ0) is 26.8. The standard InChI is InChI=1S/C29H31NO7S/c1-4-8-18-26(29(33)35-6-3)23(16-10-11-20-21(13-16)37-15-36-20)25-19(30-18)14-17(22-9-7-12-38-22)24(27(25)31)28(32)34-5-2/h7,9-13,17,23-24,30H,4-6,8,14-15H2,1-3H3/t17-,23+,24+/m0/s1. The van der Waals surface area contributed by atoms with Crippen molar-refractivity contribution in [3.8, 4) is 11.5 Å². The first kappa shape index (κ1) is 26.0. The SMILES string of the molecule is CCCC1=C(C(=O)OCC)[C@H](c2ccc3c(c2)OCO3)C2=C(C[C@@H](c3cccs3)[C@@H](C(=O)OCC)C2=O)N1. The summed E-state index contributed by atoms with van der Waals surface area (Å²) in [6.45, 7) is 5.99. The molecule has 3 heterocycles. The van der Waals surface area contributed by atoms with E-state index in [1.165, 1.54) is 11.3 Å². The highest BCUT2D eigenvalue weighted by atomic mass is 32.1. The summed E-state index contributed by atoms with van der Waals surface area (Å²) in [5, 5.41) is 5.39. The second-order valence-corrected chi connectivity index (χ2v) is 10.3. The number of ketones is 1. The largest absolute Gasteiger partial charge is 0.465 e. The number of ether oxygens (including phenoxy) is 4. The number of benzene rings is 1. The van der Waals surface area contributed by atoms with Crippen LogP contribution in [0, 0.1) is 5.92 Å².